The fourth-order valence-electron chi connectivity index (χ4n) is 2.51. The molecule has 5 heteroatoms. The Balaban J connectivity index is 1.64. The highest BCUT2D eigenvalue weighted by Crippen LogP contribution is 2.28. The SMILES string of the molecule is FC(F)Sc1ccc(NCc2cccc3c2NCC3)cc1. The van der Waals surface area contributed by atoms with Crippen LogP contribution < -0.4 is 10.6 Å². The summed E-state index contributed by atoms with van der Waals surface area (Å²) in [7, 11) is 0. The quantitative estimate of drug-likeness (QED) is 0.791. The van der Waals surface area contributed by atoms with Crippen LogP contribution in [0.15, 0.2) is 47.4 Å². The van der Waals surface area contributed by atoms with Crippen molar-refractivity contribution in [3.63, 3.8) is 0 Å². The largest absolute Gasteiger partial charge is 0.384 e. The Labute approximate surface area is 126 Å². The fraction of sp³-hybridized carbons (Fsp3) is 0.250. The van der Waals surface area contributed by atoms with Crippen molar-refractivity contribution in [3.8, 4) is 0 Å². The molecule has 0 radical (unpaired) electrons. The van der Waals surface area contributed by atoms with E-state index in [2.05, 4.69) is 28.8 Å². The van der Waals surface area contributed by atoms with Gasteiger partial charge in [-0.25, -0.2) is 0 Å². The normalized spacial score (nSPS) is 13.1. The van der Waals surface area contributed by atoms with Gasteiger partial charge in [-0.15, -0.1) is 0 Å². The van der Waals surface area contributed by atoms with Crippen molar-refractivity contribution in [3.05, 3.63) is 53.6 Å². The standard InChI is InChI=1S/C16H16F2N2S/c17-16(18)21-14-6-4-13(5-7-14)20-10-12-3-1-2-11-8-9-19-15(11)12/h1-7,16,19-20H,8-10H2. The lowest BCUT2D eigenvalue weighted by molar-refractivity contribution is 0.252. The van der Waals surface area contributed by atoms with E-state index in [1.807, 2.05) is 12.1 Å². The third-order valence-corrected chi connectivity index (χ3v) is 4.22. The third kappa shape index (κ3) is 3.47. The van der Waals surface area contributed by atoms with E-state index in [9.17, 15) is 8.78 Å². The first-order chi connectivity index (χ1) is 10.2. The maximum Gasteiger partial charge on any atom is 0.288 e. The highest BCUT2D eigenvalue weighted by atomic mass is 32.2. The number of anilines is 2. The highest BCUT2D eigenvalue weighted by molar-refractivity contribution is 7.99. The molecule has 0 saturated carbocycles. The van der Waals surface area contributed by atoms with E-state index in [0.29, 0.717) is 16.7 Å². The van der Waals surface area contributed by atoms with Crippen LogP contribution in [0, 0.1) is 0 Å². The second-order valence-electron chi connectivity index (χ2n) is 4.88. The number of nitrogens with one attached hydrogen (secondary N) is 2. The Kier molecular flexibility index (Phi) is 4.29. The minimum Gasteiger partial charge on any atom is -0.384 e. The number of alkyl halides is 2. The zero-order valence-corrected chi connectivity index (χ0v) is 12.2. The molecule has 110 valence electrons. The molecule has 0 unspecified atom stereocenters. The van der Waals surface area contributed by atoms with E-state index in [4.69, 9.17) is 0 Å². The maximum atomic E-state index is 12.3. The van der Waals surface area contributed by atoms with Gasteiger partial charge in [0.05, 0.1) is 0 Å². The van der Waals surface area contributed by atoms with Gasteiger partial charge >= 0.3 is 0 Å². The third-order valence-electron chi connectivity index (χ3n) is 3.50. The predicted octanol–water partition coefficient (Wildman–Crippen LogP) is 4.58. The van der Waals surface area contributed by atoms with Gasteiger partial charge in [-0.1, -0.05) is 30.0 Å². The Bertz CT molecular complexity index is 614. The second-order valence-corrected chi connectivity index (χ2v) is 5.95. The summed E-state index contributed by atoms with van der Waals surface area (Å²) in [6.45, 7) is 1.71. The van der Waals surface area contributed by atoms with Crippen LogP contribution in [-0.4, -0.2) is 12.3 Å². The summed E-state index contributed by atoms with van der Waals surface area (Å²) in [5.74, 6) is -2.37. The van der Waals surface area contributed by atoms with Crippen LogP contribution >= 0.6 is 11.8 Å². The summed E-state index contributed by atoms with van der Waals surface area (Å²) in [6.07, 6.45) is 1.07. The van der Waals surface area contributed by atoms with Crippen molar-refractivity contribution in [2.75, 3.05) is 17.2 Å². The molecule has 0 spiro atoms. The first kappa shape index (κ1) is 14.2. The molecule has 0 bridgehead atoms. The van der Waals surface area contributed by atoms with Crippen molar-refractivity contribution in [2.24, 2.45) is 0 Å². The van der Waals surface area contributed by atoms with E-state index < -0.39 is 5.76 Å². The van der Waals surface area contributed by atoms with Crippen LogP contribution in [0.25, 0.3) is 0 Å². The van der Waals surface area contributed by atoms with Crippen molar-refractivity contribution in [1.82, 2.24) is 0 Å². The molecule has 2 aromatic rings. The summed E-state index contributed by atoms with van der Waals surface area (Å²) in [5, 5.41) is 6.74. The van der Waals surface area contributed by atoms with Crippen molar-refractivity contribution in [1.29, 1.82) is 0 Å². The molecule has 3 rings (SSSR count). The van der Waals surface area contributed by atoms with Crippen molar-refractivity contribution < 1.29 is 8.78 Å². The molecular weight excluding hydrogens is 290 g/mol. The maximum absolute atomic E-state index is 12.3. The molecule has 0 amide bonds. The van der Waals surface area contributed by atoms with Gasteiger partial charge in [-0.3, -0.25) is 0 Å². The number of hydrogen-bond donors (Lipinski definition) is 2. The van der Waals surface area contributed by atoms with Gasteiger partial charge in [0, 0.05) is 29.4 Å². The Morgan fingerprint density at radius 1 is 1.14 bits per heavy atom. The predicted molar refractivity (Wildman–Crippen MR) is 84.3 cm³/mol. The number of hydrogen-bond acceptors (Lipinski definition) is 3. The molecule has 0 aliphatic carbocycles. The van der Waals surface area contributed by atoms with Gasteiger partial charge in [-0.05, 0) is 41.8 Å². The number of halogens is 2. The average Bonchev–Trinajstić information content (AvgIpc) is 2.95. The van der Waals surface area contributed by atoms with E-state index in [0.717, 1.165) is 25.2 Å². The molecule has 0 aromatic heterocycles. The molecule has 0 fully saturated rings. The Morgan fingerprint density at radius 3 is 2.71 bits per heavy atom. The number of para-hydroxylation sites is 1. The summed E-state index contributed by atoms with van der Waals surface area (Å²) in [5.41, 5.74) is 4.76. The van der Waals surface area contributed by atoms with E-state index in [1.54, 1.807) is 12.1 Å². The molecule has 1 heterocycles. The first-order valence-corrected chi connectivity index (χ1v) is 7.74. The molecule has 1 aliphatic heterocycles. The molecule has 0 saturated heterocycles. The number of rotatable bonds is 5. The van der Waals surface area contributed by atoms with Gasteiger partial charge in [-0.2, -0.15) is 8.78 Å². The monoisotopic (exact) mass is 306 g/mol. The molecule has 2 aromatic carbocycles. The second kappa shape index (κ2) is 6.35. The molecule has 0 atom stereocenters. The number of fused-ring (bicyclic) bond motifs is 1. The van der Waals surface area contributed by atoms with Gasteiger partial charge < -0.3 is 10.6 Å². The Hall–Kier alpha value is -1.75. The zero-order chi connectivity index (χ0) is 14.7. The number of thioether (sulfide) groups is 1. The summed E-state index contributed by atoms with van der Waals surface area (Å²) in [4.78, 5) is 0.581. The Morgan fingerprint density at radius 2 is 1.95 bits per heavy atom. The van der Waals surface area contributed by atoms with Gasteiger partial charge in [0.2, 0.25) is 0 Å². The molecule has 2 nitrogen and oxygen atoms in total. The lowest BCUT2D eigenvalue weighted by Gasteiger charge is -2.11. The number of benzene rings is 2. The van der Waals surface area contributed by atoms with Gasteiger partial charge in [0.15, 0.2) is 0 Å². The smallest absolute Gasteiger partial charge is 0.288 e. The lowest BCUT2D eigenvalue weighted by atomic mass is 10.1. The van der Waals surface area contributed by atoms with Crippen LogP contribution in [0.1, 0.15) is 11.1 Å². The summed E-state index contributed by atoms with van der Waals surface area (Å²) < 4.78 is 24.5. The lowest BCUT2D eigenvalue weighted by Crippen LogP contribution is -2.03. The first-order valence-electron chi connectivity index (χ1n) is 6.86. The van der Waals surface area contributed by atoms with Gasteiger partial charge in [0.25, 0.3) is 5.76 Å². The minimum atomic E-state index is -2.37. The zero-order valence-electron chi connectivity index (χ0n) is 11.4. The van der Waals surface area contributed by atoms with Crippen molar-refractivity contribution in [2.45, 2.75) is 23.6 Å². The minimum absolute atomic E-state index is 0.567. The topological polar surface area (TPSA) is 24.1 Å². The average molecular weight is 306 g/mol. The van der Waals surface area contributed by atoms with E-state index >= 15 is 0 Å². The van der Waals surface area contributed by atoms with Crippen LogP contribution in [0.5, 0.6) is 0 Å². The van der Waals surface area contributed by atoms with Crippen LogP contribution in [-0.2, 0) is 13.0 Å². The van der Waals surface area contributed by atoms with Crippen LogP contribution in [0.4, 0.5) is 20.2 Å². The van der Waals surface area contributed by atoms with Gasteiger partial charge in [0.1, 0.15) is 0 Å². The highest BCUT2D eigenvalue weighted by Gasteiger charge is 2.13. The van der Waals surface area contributed by atoms with Crippen LogP contribution in [0.2, 0.25) is 0 Å². The fourth-order valence-corrected chi connectivity index (χ4v) is 3.01. The molecule has 1 aliphatic rings. The summed E-state index contributed by atoms with van der Waals surface area (Å²) in [6, 6.07) is 13.4. The summed E-state index contributed by atoms with van der Waals surface area (Å²) >= 11 is 0.567. The van der Waals surface area contributed by atoms with E-state index in [-0.39, 0.29) is 0 Å². The molecule has 21 heavy (non-hydrogen) atoms. The molecular formula is C16H16F2N2S. The molecule has 2 N–H and O–H groups in total. The van der Waals surface area contributed by atoms with Crippen LogP contribution in [0.3, 0.4) is 0 Å². The van der Waals surface area contributed by atoms with Crippen molar-refractivity contribution >= 4 is 23.1 Å². The van der Waals surface area contributed by atoms with E-state index in [1.165, 1.54) is 16.8 Å².